The topological polar surface area (TPSA) is 66.9 Å². The first-order valence-electron chi connectivity index (χ1n) is 8.54. The van der Waals surface area contributed by atoms with Crippen LogP contribution in [0.2, 0.25) is 0 Å². The number of fused-ring (bicyclic) bond motifs is 2. The fraction of sp³-hybridized carbons (Fsp3) is 0.250. The molecule has 4 rings (SSSR count). The fourth-order valence-corrected chi connectivity index (χ4v) is 3.39. The van der Waals surface area contributed by atoms with E-state index in [2.05, 4.69) is 4.90 Å². The van der Waals surface area contributed by atoms with Crippen molar-refractivity contribution < 1.29 is 19.1 Å². The van der Waals surface area contributed by atoms with Crippen molar-refractivity contribution in [2.75, 3.05) is 31.1 Å². The highest BCUT2D eigenvalue weighted by atomic mass is 16.5. The van der Waals surface area contributed by atoms with Crippen LogP contribution in [0, 0.1) is 0 Å². The van der Waals surface area contributed by atoms with Crippen molar-refractivity contribution in [2.45, 2.75) is 6.92 Å². The predicted molar refractivity (Wildman–Crippen MR) is 96.0 cm³/mol. The molecule has 6 nitrogen and oxygen atoms in total. The standard InChI is InChI=1S/C20H18N2O4/c1-13(23)14-6-7-18-17(12-14)21(10-11-26-18)8-9-22-19(24)15-4-2-3-5-16(15)20(22)25/h2-7,12H,8-11H2,1H3. The summed E-state index contributed by atoms with van der Waals surface area (Å²) in [5, 5.41) is 0. The number of hydrogen-bond acceptors (Lipinski definition) is 5. The zero-order valence-corrected chi connectivity index (χ0v) is 14.4. The molecule has 0 aromatic heterocycles. The van der Waals surface area contributed by atoms with Gasteiger partial charge in [-0.1, -0.05) is 12.1 Å². The highest BCUT2D eigenvalue weighted by Crippen LogP contribution is 2.33. The fourth-order valence-electron chi connectivity index (χ4n) is 3.39. The minimum Gasteiger partial charge on any atom is -0.490 e. The summed E-state index contributed by atoms with van der Waals surface area (Å²) < 4.78 is 5.65. The molecule has 2 heterocycles. The summed E-state index contributed by atoms with van der Waals surface area (Å²) in [4.78, 5) is 40.0. The van der Waals surface area contributed by atoms with E-state index in [1.807, 2.05) is 0 Å². The van der Waals surface area contributed by atoms with Crippen LogP contribution in [-0.2, 0) is 0 Å². The van der Waals surface area contributed by atoms with Crippen molar-refractivity contribution in [3.05, 3.63) is 59.2 Å². The third kappa shape index (κ3) is 2.63. The monoisotopic (exact) mass is 350 g/mol. The van der Waals surface area contributed by atoms with Gasteiger partial charge in [-0.05, 0) is 37.3 Å². The minimum absolute atomic E-state index is 0.0151. The van der Waals surface area contributed by atoms with E-state index in [1.54, 1.807) is 42.5 Å². The third-order valence-corrected chi connectivity index (χ3v) is 4.80. The Bertz CT molecular complexity index is 887. The summed E-state index contributed by atoms with van der Waals surface area (Å²) in [7, 11) is 0. The first kappa shape index (κ1) is 16.3. The van der Waals surface area contributed by atoms with Crippen molar-refractivity contribution in [3.63, 3.8) is 0 Å². The van der Waals surface area contributed by atoms with Gasteiger partial charge < -0.3 is 9.64 Å². The third-order valence-electron chi connectivity index (χ3n) is 4.80. The molecular weight excluding hydrogens is 332 g/mol. The Labute approximate surface area is 151 Å². The van der Waals surface area contributed by atoms with Crippen molar-refractivity contribution >= 4 is 23.3 Å². The van der Waals surface area contributed by atoms with Gasteiger partial charge in [0.1, 0.15) is 12.4 Å². The van der Waals surface area contributed by atoms with E-state index < -0.39 is 0 Å². The molecule has 0 atom stereocenters. The van der Waals surface area contributed by atoms with E-state index in [0.29, 0.717) is 42.1 Å². The lowest BCUT2D eigenvalue weighted by atomic mass is 10.1. The van der Waals surface area contributed by atoms with Crippen molar-refractivity contribution in [2.24, 2.45) is 0 Å². The molecule has 2 aliphatic rings. The lowest BCUT2D eigenvalue weighted by Crippen LogP contribution is -2.41. The Morgan fingerprint density at radius 1 is 1.04 bits per heavy atom. The van der Waals surface area contributed by atoms with Gasteiger partial charge in [0.05, 0.1) is 23.4 Å². The molecule has 0 saturated heterocycles. The predicted octanol–water partition coefficient (Wildman–Crippen LogP) is 2.38. The van der Waals surface area contributed by atoms with Crippen molar-refractivity contribution in [3.8, 4) is 5.75 Å². The number of benzene rings is 2. The highest BCUT2D eigenvalue weighted by Gasteiger charge is 2.35. The zero-order chi connectivity index (χ0) is 18.3. The van der Waals surface area contributed by atoms with E-state index in [1.165, 1.54) is 11.8 Å². The number of imide groups is 1. The lowest BCUT2D eigenvalue weighted by molar-refractivity contribution is 0.0657. The van der Waals surface area contributed by atoms with Crippen LogP contribution in [0.5, 0.6) is 5.75 Å². The second-order valence-corrected chi connectivity index (χ2v) is 6.38. The molecule has 0 fully saturated rings. The summed E-state index contributed by atoms with van der Waals surface area (Å²) in [6, 6.07) is 12.2. The lowest BCUT2D eigenvalue weighted by Gasteiger charge is -2.32. The summed E-state index contributed by atoms with van der Waals surface area (Å²) in [6.45, 7) is 3.46. The average Bonchev–Trinajstić information content (AvgIpc) is 2.90. The van der Waals surface area contributed by atoms with Gasteiger partial charge in [0, 0.05) is 18.7 Å². The smallest absolute Gasteiger partial charge is 0.261 e. The number of amides is 2. The molecule has 2 aromatic rings. The quantitative estimate of drug-likeness (QED) is 0.626. The van der Waals surface area contributed by atoms with Crippen molar-refractivity contribution in [1.29, 1.82) is 0 Å². The minimum atomic E-state index is -0.253. The second kappa shape index (κ2) is 6.29. The Morgan fingerprint density at radius 2 is 1.73 bits per heavy atom. The maximum Gasteiger partial charge on any atom is 0.261 e. The van der Waals surface area contributed by atoms with Gasteiger partial charge in [-0.25, -0.2) is 0 Å². The van der Waals surface area contributed by atoms with Gasteiger partial charge in [0.2, 0.25) is 0 Å². The van der Waals surface area contributed by atoms with Crippen LogP contribution in [0.25, 0.3) is 0 Å². The molecule has 0 spiro atoms. The van der Waals surface area contributed by atoms with Gasteiger partial charge in [-0.15, -0.1) is 0 Å². The maximum atomic E-state index is 12.5. The Kier molecular flexibility index (Phi) is 3.95. The van der Waals surface area contributed by atoms with Gasteiger partial charge in [0.25, 0.3) is 11.8 Å². The first-order valence-corrected chi connectivity index (χ1v) is 8.54. The van der Waals surface area contributed by atoms with Crippen LogP contribution in [0.4, 0.5) is 5.69 Å². The summed E-state index contributed by atoms with van der Waals surface area (Å²) in [5.74, 6) is 0.190. The van der Waals surface area contributed by atoms with Crippen LogP contribution in [0.15, 0.2) is 42.5 Å². The van der Waals surface area contributed by atoms with Crippen LogP contribution >= 0.6 is 0 Å². The molecule has 2 aromatic carbocycles. The van der Waals surface area contributed by atoms with Gasteiger partial charge >= 0.3 is 0 Å². The Morgan fingerprint density at radius 3 is 2.38 bits per heavy atom. The summed E-state index contributed by atoms with van der Waals surface area (Å²) >= 11 is 0. The van der Waals surface area contributed by atoms with Crippen molar-refractivity contribution in [1.82, 2.24) is 4.90 Å². The number of carbonyl (C=O) groups excluding carboxylic acids is 3. The molecule has 0 bridgehead atoms. The van der Waals surface area contributed by atoms with Crippen LogP contribution in [0.1, 0.15) is 38.0 Å². The number of Topliss-reactive ketones (excluding diaryl/α,β-unsaturated/α-hetero) is 1. The van der Waals surface area contributed by atoms with Crippen LogP contribution < -0.4 is 9.64 Å². The highest BCUT2D eigenvalue weighted by molar-refractivity contribution is 6.21. The molecule has 0 radical (unpaired) electrons. The van der Waals surface area contributed by atoms with E-state index in [4.69, 9.17) is 4.74 Å². The number of ketones is 1. The molecule has 0 saturated carbocycles. The Hall–Kier alpha value is -3.15. The van der Waals surface area contributed by atoms with Gasteiger partial charge in [-0.3, -0.25) is 19.3 Å². The largest absolute Gasteiger partial charge is 0.490 e. The van der Waals surface area contributed by atoms with Gasteiger partial charge in [0.15, 0.2) is 5.78 Å². The molecule has 2 aliphatic heterocycles. The first-order chi connectivity index (χ1) is 12.6. The molecule has 2 amide bonds. The number of anilines is 1. The molecule has 26 heavy (non-hydrogen) atoms. The van der Waals surface area contributed by atoms with Crippen LogP contribution in [-0.4, -0.2) is 48.7 Å². The normalized spacial score (nSPS) is 15.6. The van der Waals surface area contributed by atoms with E-state index in [0.717, 1.165) is 5.69 Å². The number of ether oxygens (including phenoxy) is 1. The number of hydrogen-bond donors (Lipinski definition) is 0. The molecule has 6 heteroatoms. The zero-order valence-electron chi connectivity index (χ0n) is 14.4. The molecular formula is C20H18N2O4. The van der Waals surface area contributed by atoms with Crippen LogP contribution in [0.3, 0.4) is 0 Å². The van der Waals surface area contributed by atoms with Gasteiger partial charge in [-0.2, -0.15) is 0 Å². The molecule has 0 unspecified atom stereocenters. The summed E-state index contributed by atoms with van der Waals surface area (Å²) in [6.07, 6.45) is 0. The molecule has 0 N–H and O–H groups in total. The SMILES string of the molecule is CC(=O)c1ccc2c(c1)N(CCN1C(=O)c3ccccc3C1=O)CCO2. The van der Waals surface area contributed by atoms with E-state index in [-0.39, 0.29) is 24.1 Å². The summed E-state index contributed by atoms with van der Waals surface area (Å²) in [5.41, 5.74) is 2.35. The van der Waals surface area contributed by atoms with E-state index in [9.17, 15) is 14.4 Å². The van der Waals surface area contributed by atoms with E-state index >= 15 is 0 Å². The number of nitrogens with zero attached hydrogens (tertiary/aromatic N) is 2. The number of carbonyl (C=O) groups is 3. The maximum absolute atomic E-state index is 12.5. The molecule has 132 valence electrons. The molecule has 0 aliphatic carbocycles. The Balaban J connectivity index is 1.54. The average molecular weight is 350 g/mol. The number of rotatable bonds is 4. The second-order valence-electron chi connectivity index (χ2n) is 6.38.